The van der Waals surface area contributed by atoms with Crippen LogP contribution in [0.4, 0.5) is 10.1 Å². The van der Waals surface area contributed by atoms with Crippen LogP contribution in [0.3, 0.4) is 0 Å². The Morgan fingerprint density at radius 1 is 0.830 bits per heavy atom. The van der Waals surface area contributed by atoms with Gasteiger partial charge in [-0.25, -0.2) is 12.8 Å². The average Bonchev–Trinajstić information content (AvgIpc) is 3.10. The summed E-state index contributed by atoms with van der Waals surface area (Å²) in [7, 11) is -3.02. The third-order valence-corrected chi connectivity index (χ3v) is 10.3. The molecule has 1 fully saturated rings. The zero-order valence-electron chi connectivity index (χ0n) is 30.6. The molecule has 4 rings (SSSR count). The molecule has 11 nitrogen and oxygen atoms in total. The van der Waals surface area contributed by atoms with E-state index in [9.17, 15) is 37.1 Å². The number of aryl methyl sites for hydroxylation is 2. The van der Waals surface area contributed by atoms with Crippen molar-refractivity contribution in [1.29, 1.82) is 0 Å². The van der Waals surface area contributed by atoms with E-state index in [1.807, 2.05) is 48.5 Å². The van der Waals surface area contributed by atoms with Crippen LogP contribution < -0.4 is 4.90 Å². The molecule has 0 saturated carbocycles. The number of β-lactam (4-membered cyclic amide) rings is 1. The summed E-state index contributed by atoms with van der Waals surface area (Å²) < 4.78 is 52.3. The van der Waals surface area contributed by atoms with E-state index >= 15 is 0 Å². The van der Waals surface area contributed by atoms with Gasteiger partial charge in [-0.15, -0.1) is 0 Å². The number of benzene rings is 3. The Balaban J connectivity index is 1.54. The van der Waals surface area contributed by atoms with E-state index < -0.39 is 51.2 Å². The van der Waals surface area contributed by atoms with Crippen molar-refractivity contribution in [3.63, 3.8) is 0 Å². The second-order valence-electron chi connectivity index (χ2n) is 13.8. The van der Waals surface area contributed by atoms with Gasteiger partial charge < -0.3 is 24.2 Å². The van der Waals surface area contributed by atoms with Crippen molar-refractivity contribution in [2.24, 2.45) is 5.92 Å². The highest BCUT2D eigenvalue weighted by molar-refractivity contribution is 7.90. The maximum absolute atomic E-state index is 13.9. The molecule has 1 saturated heterocycles. The van der Waals surface area contributed by atoms with Crippen LogP contribution in [0.15, 0.2) is 72.8 Å². The van der Waals surface area contributed by atoms with Gasteiger partial charge in [-0.05, 0) is 91.5 Å². The molecule has 1 aliphatic rings. The second-order valence-corrected chi connectivity index (χ2v) is 16.0. The molecule has 3 aromatic rings. The molecule has 1 aliphatic heterocycles. The molecular weight excluding hydrogens is 706 g/mol. The van der Waals surface area contributed by atoms with E-state index in [0.717, 1.165) is 16.7 Å². The number of nitrogens with zero attached hydrogens (tertiary/aromatic N) is 1. The van der Waals surface area contributed by atoms with Gasteiger partial charge in [-0.1, -0.05) is 48.5 Å². The fourth-order valence-corrected chi connectivity index (χ4v) is 7.16. The second kappa shape index (κ2) is 18.4. The maximum Gasteiger partial charge on any atom is 0.303 e. The lowest BCUT2D eigenvalue weighted by molar-refractivity contribution is -0.161. The lowest BCUT2D eigenvalue weighted by Gasteiger charge is -2.48. The number of ether oxygens (including phenoxy) is 3. The van der Waals surface area contributed by atoms with Crippen LogP contribution in [0.5, 0.6) is 0 Å². The van der Waals surface area contributed by atoms with Crippen LogP contribution in [-0.2, 0) is 56.1 Å². The Bertz CT molecular complexity index is 1810. The Morgan fingerprint density at radius 2 is 1.40 bits per heavy atom. The van der Waals surface area contributed by atoms with E-state index in [0.29, 0.717) is 49.8 Å². The molecule has 0 aliphatic carbocycles. The van der Waals surface area contributed by atoms with Gasteiger partial charge in [0.1, 0.15) is 40.6 Å². The molecule has 13 heteroatoms. The van der Waals surface area contributed by atoms with Gasteiger partial charge >= 0.3 is 17.9 Å². The van der Waals surface area contributed by atoms with E-state index in [4.69, 9.17) is 14.2 Å². The smallest absolute Gasteiger partial charge is 0.303 e. The first-order chi connectivity index (χ1) is 25.0. The quantitative estimate of drug-likeness (QED) is 0.0691. The molecule has 0 spiro atoms. The number of carbonyl (C=O) groups excluding carboxylic acids is 4. The van der Waals surface area contributed by atoms with Gasteiger partial charge in [-0.3, -0.25) is 19.2 Å². The normalized spacial score (nSPS) is 16.4. The van der Waals surface area contributed by atoms with Crippen LogP contribution in [0.2, 0.25) is 0 Å². The van der Waals surface area contributed by atoms with Crippen molar-refractivity contribution < 1.29 is 51.3 Å². The van der Waals surface area contributed by atoms with Crippen molar-refractivity contribution in [2.45, 2.75) is 83.5 Å². The molecule has 286 valence electrons. The van der Waals surface area contributed by atoms with Gasteiger partial charge in [0.05, 0.1) is 12.0 Å². The van der Waals surface area contributed by atoms with E-state index in [1.54, 1.807) is 17.0 Å². The van der Waals surface area contributed by atoms with Crippen LogP contribution in [-0.4, -0.2) is 68.2 Å². The third-order valence-electron chi connectivity index (χ3n) is 9.24. The van der Waals surface area contributed by atoms with Crippen molar-refractivity contribution in [1.82, 2.24) is 0 Å². The topological polar surface area (TPSA) is 154 Å². The molecule has 0 radical (unpaired) electrons. The molecule has 1 N–H and O–H groups in total. The van der Waals surface area contributed by atoms with Gasteiger partial charge in [0, 0.05) is 38.5 Å². The first kappa shape index (κ1) is 41.1. The van der Waals surface area contributed by atoms with E-state index in [2.05, 4.69) is 0 Å². The highest BCUT2D eigenvalue weighted by atomic mass is 32.2. The number of carbonyl (C=O) groups is 4. The van der Waals surface area contributed by atoms with Gasteiger partial charge in [-0.2, -0.15) is 0 Å². The fraction of sp³-hybridized carbons (Fsp3) is 0.450. The minimum absolute atomic E-state index is 0.0957. The number of halogens is 1. The summed E-state index contributed by atoms with van der Waals surface area (Å²) >= 11 is 0. The number of esters is 3. The summed E-state index contributed by atoms with van der Waals surface area (Å²) in [5.41, 5.74) is 2.50. The first-order valence-corrected chi connectivity index (χ1v) is 19.7. The molecule has 3 atom stereocenters. The van der Waals surface area contributed by atoms with Crippen LogP contribution in [0.25, 0.3) is 0 Å². The van der Waals surface area contributed by atoms with Crippen molar-refractivity contribution in [3.05, 3.63) is 101 Å². The summed E-state index contributed by atoms with van der Waals surface area (Å²) in [6.45, 7) is 3.09. The van der Waals surface area contributed by atoms with E-state index in [1.165, 1.54) is 39.2 Å². The SMILES string of the molecule is CC(=O)OCC(O)(CCc1ccc([C@@H]2[C@@H](CC[C@H](OC(C)=O)c3ccc(F)cc3)C(=O)N2c2ccc(CCCCS(C)(=O)=O)cc2)cc1)COC(C)=O. The Kier molecular flexibility index (Phi) is 14.3. The highest BCUT2D eigenvalue weighted by Gasteiger charge is 2.48. The summed E-state index contributed by atoms with van der Waals surface area (Å²) in [6.07, 6.45) is 3.78. The summed E-state index contributed by atoms with van der Waals surface area (Å²) in [4.78, 5) is 50.4. The molecule has 3 aromatic carbocycles. The number of aliphatic hydroxyl groups is 1. The van der Waals surface area contributed by atoms with Crippen molar-refractivity contribution in [3.8, 4) is 0 Å². The molecule has 53 heavy (non-hydrogen) atoms. The number of sulfone groups is 1. The number of amides is 1. The summed E-state index contributed by atoms with van der Waals surface area (Å²) in [5.74, 6) is -2.45. The Labute approximate surface area is 310 Å². The van der Waals surface area contributed by atoms with Crippen molar-refractivity contribution in [2.75, 3.05) is 30.1 Å². The minimum atomic E-state index is -3.02. The van der Waals surface area contributed by atoms with Gasteiger partial charge in [0.15, 0.2) is 0 Å². The van der Waals surface area contributed by atoms with Crippen LogP contribution in [0.1, 0.15) is 87.3 Å². The number of rotatable bonds is 19. The molecule has 1 amide bonds. The zero-order chi connectivity index (χ0) is 38.8. The molecular formula is C40H48FNO10S. The molecule has 0 unspecified atom stereocenters. The molecule has 0 aromatic heterocycles. The van der Waals surface area contributed by atoms with E-state index in [-0.39, 0.29) is 37.3 Å². The standard InChI is InChI=1S/C40H48FNO10S/c1-27(43)50-25-40(47,26-51-28(2)44)23-22-31-8-12-33(13-9-31)38-36(20-21-37(52-29(3)45)32-14-16-34(41)17-15-32)39(46)42(38)35-18-10-30(11-19-35)7-5-6-24-53(4,48)49/h8-19,36-38,47H,5-7,20-26H2,1-4H3/t36-,37+,38-/m1/s1. The Morgan fingerprint density at radius 3 is 1.94 bits per heavy atom. The first-order valence-electron chi connectivity index (χ1n) is 17.6. The maximum atomic E-state index is 13.9. The van der Waals surface area contributed by atoms with Crippen molar-refractivity contribution >= 4 is 39.3 Å². The fourth-order valence-electron chi connectivity index (χ4n) is 6.43. The van der Waals surface area contributed by atoms with Gasteiger partial charge in [0.25, 0.3) is 0 Å². The monoisotopic (exact) mass is 753 g/mol. The Hall–Kier alpha value is -4.62. The van der Waals surface area contributed by atoms with Gasteiger partial charge in [0.2, 0.25) is 5.91 Å². The van der Waals surface area contributed by atoms with Crippen LogP contribution >= 0.6 is 0 Å². The predicted molar refractivity (Wildman–Crippen MR) is 196 cm³/mol. The minimum Gasteiger partial charge on any atom is -0.463 e. The summed E-state index contributed by atoms with van der Waals surface area (Å²) in [5, 5.41) is 11.1. The third kappa shape index (κ3) is 12.5. The number of unbranched alkanes of at least 4 members (excludes halogenated alkanes) is 1. The lowest BCUT2D eigenvalue weighted by Crippen LogP contribution is -2.55. The number of hydrogen-bond acceptors (Lipinski definition) is 10. The number of hydrogen-bond donors (Lipinski definition) is 1. The molecule has 1 heterocycles. The summed E-state index contributed by atoms with van der Waals surface area (Å²) in [6, 6.07) is 20.7. The number of anilines is 1. The predicted octanol–water partition coefficient (Wildman–Crippen LogP) is 5.77. The average molecular weight is 754 g/mol. The van der Waals surface area contributed by atoms with Crippen LogP contribution in [0, 0.1) is 11.7 Å². The zero-order valence-corrected chi connectivity index (χ0v) is 31.4. The largest absolute Gasteiger partial charge is 0.463 e. The molecule has 0 bridgehead atoms. The highest BCUT2D eigenvalue weighted by Crippen LogP contribution is 2.46. The lowest BCUT2D eigenvalue weighted by atomic mass is 9.78.